The fraction of sp³-hybridized carbons (Fsp3) is 0.625. The molecule has 2 unspecified atom stereocenters. The van der Waals surface area contributed by atoms with Crippen LogP contribution in [0, 0.1) is 5.92 Å². The van der Waals surface area contributed by atoms with Crippen molar-refractivity contribution in [2.45, 2.75) is 37.6 Å². The molecule has 1 fully saturated rings. The van der Waals surface area contributed by atoms with E-state index in [1.165, 1.54) is 24.8 Å². The lowest BCUT2D eigenvalue weighted by molar-refractivity contribution is 0.345. The van der Waals surface area contributed by atoms with Crippen LogP contribution in [0.5, 0.6) is 11.5 Å². The van der Waals surface area contributed by atoms with E-state index in [-0.39, 0.29) is 0 Å². The number of alkyl halides is 1. The van der Waals surface area contributed by atoms with Crippen LogP contribution in [0.1, 0.15) is 31.2 Å². The number of halogens is 1. The van der Waals surface area contributed by atoms with Gasteiger partial charge < -0.3 is 14.8 Å². The lowest BCUT2D eigenvalue weighted by Gasteiger charge is -2.25. The summed E-state index contributed by atoms with van der Waals surface area (Å²) >= 11 is 6.22. The van der Waals surface area contributed by atoms with Crippen molar-refractivity contribution in [2.24, 2.45) is 5.92 Å². The highest BCUT2D eigenvalue weighted by atomic mass is 35.5. The molecule has 1 aromatic carbocycles. The molecule has 1 aliphatic carbocycles. The SMILES string of the molecule is COc1ccc(CNCC2CCCC(Cl)C2)cc1OC. The lowest BCUT2D eigenvalue weighted by Crippen LogP contribution is -2.27. The fourth-order valence-corrected chi connectivity index (χ4v) is 3.23. The highest BCUT2D eigenvalue weighted by Crippen LogP contribution is 2.28. The first-order chi connectivity index (χ1) is 9.72. The summed E-state index contributed by atoms with van der Waals surface area (Å²) in [6.45, 7) is 1.89. The van der Waals surface area contributed by atoms with Gasteiger partial charge in [-0.05, 0) is 49.4 Å². The van der Waals surface area contributed by atoms with Crippen LogP contribution < -0.4 is 14.8 Å². The summed E-state index contributed by atoms with van der Waals surface area (Å²) in [5, 5.41) is 3.90. The van der Waals surface area contributed by atoms with Crippen molar-refractivity contribution in [1.29, 1.82) is 0 Å². The van der Waals surface area contributed by atoms with Crippen LogP contribution in [0.25, 0.3) is 0 Å². The Morgan fingerprint density at radius 1 is 1.20 bits per heavy atom. The van der Waals surface area contributed by atoms with Crippen LogP contribution in [-0.2, 0) is 6.54 Å². The molecule has 1 saturated carbocycles. The first-order valence-electron chi connectivity index (χ1n) is 7.28. The van der Waals surface area contributed by atoms with Gasteiger partial charge in [-0.15, -0.1) is 11.6 Å². The van der Waals surface area contributed by atoms with Gasteiger partial charge in [0.2, 0.25) is 0 Å². The van der Waals surface area contributed by atoms with E-state index in [1.54, 1.807) is 14.2 Å². The Kier molecular flexibility index (Phi) is 5.99. The maximum Gasteiger partial charge on any atom is 0.161 e. The topological polar surface area (TPSA) is 30.5 Å². The van der Waals surface area contributed by atoms with E-state index in [0.717, 1.165) is 31.0 Å². The Morgan fingerprint density at radius 2 is 2.00 bits per heavy atom. The Bertz CT molecular complexity index is 425. The van der Waals surface area contributed by atoms with E-state index < -0.39 is 0 Å². The fourth-order valence-electron chi connectivity index (χ4n) is 2.82. The van der Waals surface area contributed by atoms with Gasteiger partial charge in [0.05, 0.1) is 14.2 Å². The van der Waals surface area contributed by atoms with Gasteiger partial charge in [-0.2, -0.15) is 0 Å². The van der Waals surface area contributed by atoms with E-state index in [0.29, 0.717) is 11.3 Å². The minimum absolute atomic E-state index is 0.372. The number of hydrogen-bond donors (Lipinski definition) is 1. The van der Waals surface area contributed by atoms with Gasteiger partial charge in [-0.25, -0.2) is 0 Å². The predicted octanol–water partition coefficient (Wildman–Crippen LogP) is 3.59. The molecule has 0 spiro atoms. The zero-order chi connectivity index (χ0) is 14.4. The van der Waals surface area contributed by atoms with E-state index in [4.69, 9.17) is 21.1 Å². The van der Waals surface area contributed by atoms with Crippen LogP contribution >= 0.6 is 11.6 Å². The first-order valence-corrected chi connectivity index (χ1v) is 7.72. The molecule has 2 rings (SSSR count). The molecule has 20 heavy (non-hydrogen) atoms. The summed E-state index contributed by atoms with van der Waals surface area (Å²) in [4.78, 5) is 0. The van der Waals surface area contributed by atoms with Gasteiger partial charge in [-0.3, -0.25) is 0 Å². The third-order valence-electron chi connectivity index (χ3n) is 3.93. The van der Waals surface area contributed by atoms with Crippen molar-refractivity contribution in [1.82, 2.24) is 5.32 Å². The molecule has 112 valence electrons. The van der Waals surface area contributed by atoms with Crippen molar-refractivity contribution in [3.8, 4) is 11.5 Å². The lowest BCUT2D eigenvalue weighted by atomic mass is 9.89. The van der Waals surface area contributed by atoms with Crippen molar-refractivity contribution in [3.05, 3.63) is 23.8 Å². The van der Waals surface area contributed by atoms with E-state index in [1.807, 2.05) is 12.1 Å². The highest BCUT2D eigenvalue weighted by Gasteiger charge is 2.19. The molecule has 0 bridgehead atoms. The smallest absolute Gasteiger partial charge is 0.161 e. The van der Waals surface area contributed by atoms with Crippen LogP contribution in [0.4, 0.5) is 0 Å². The summed E-state index contributed by atoms with van der Waals surface area (Å²) in [6, 6.07) is 6.04. The van der Waals surface area contributed by atoms with E-state index >= 15 is 0 Å². The molecule has 3 nitrogen and oxygen atoms in total. The molecule has 1 aliphatic rings. The molecule has 1 N–H and O–H groups in total. The quantitative estimate of drug-likeness (QED) is 0.814. The Hall–Kier alpha value is -0.930. The number of nitrogens with one attached hydrogen (secondary N) is 1. The van der Waals surface area contributed by atoms with E-state index in [2.05, 4.69) is 11.4 Å². The minimum Gasteiger partial charge on any atom is -0.493 e. The van der Waals surface area contributed by atoms with Crippen molar-refractivity contribution >= 4 is 11.6 Å². The predicted molar refractivity (Wildman–Crippen MR) is 82.9 cm³/mol. The molecule has 1 aromatic rings. The number of benzene rings is 1. The second-order valence-electron chi connectivity index (χ2n) is 5.45. The van der Waals surface area contributed by atoms with Crippen LogP contribution in [0.2, 0.25) is 0 Å². The average Bonchev–Trinajstić information content (AvgIpc) is 2.47. The summed E-state index contributed by atoms with van der Waals surface area (Å²) < 4.78 is 10.6. The van der Waals surface area contributed by atoms with Gasteiger partial charge in [0.1, 0.15) is 0 Å². The monoisotopic (exact) mass is 297 g/mol. The highest BCUT2D eigenvalue weighted by molar-refractivity contribution is 6.20. The summed E-state index contributed by atoms with van der Waals surface area (Å²) in [5.74, 6) is 2.27. The molecule has 0 aliphatic heterocycles. The van der Waals surface area contributed by atoms with Crippen molar-refractivity contribution < 1.29 is 9.47 Å². The normalized spacial score (nSPS) is 22.6. The molecular formula is C16H24ClNO2. The number of ether oxygens (including phenoxy) is 2. The van der Waals surface area contributed by atoms with Crippen LogP contribution in [0.3, 0.4) is 0 Å². The molecule has 0 radical (unpaired) electrons. The minimum atomic E-state index is 0.372. The van der Waals surface area contributed by atoms with Gasteiger partial charge in [0, 0.05) is 11.9 Å². The zero-order valence-electron chi connectivity index (χ0n) is 12.3. The average molecular weight is 298 g/mol. The maximum absolute atomic E-state index is 6.22. The van der Waals surface area contributed by atoms with Crippen LogP contribution in [-0.4, -0.2) is 26.1 Å². The zero-order valence-corrected chi connectivity index (χ0v) is 13.1. The molecule has 0 saturated heterocycles. The maximum atomic E-state index is 6.22. The molecule has 0 heterocycles. The Balaban J connectivity index is 1.81. The second-order valence-corrected chi connectivity index (χ2v) is 6.07. The van der Waals surface area contributed by atoms with Crippen LogP contribution in [0.15, 0.2) is 18.2 Å². The third-order valence-corrected chi connectivity index (χ3v) is 4.33. The molecule has 2 atom stereocenters. The largest absolute Gasteiger partial charge is 0.493 e. The molecule has 4 heteroatoms. The number of rotatable bonds is 6. The second kappa shape index (κ2) is 7.75. The third kappa shape index (κ3) is 4.29. The van der Waals surface area contributed by atoms with Crippen molar-refractivity contribution in [2.75, 3.05) is 20.8 Å². The van der Waals surface area contributed by atoms with E-state index in [9.17, 15) is 0 Å². The van der Waals surface area contributed by atoms with Gasteiger partial charge >= 0.3 is 0 Å². The summed E-state index contributed by atoms with van der Waals surface area (Å²) in [6.07, 6.45) is 4.87. The summed E-state index contributed by atoms with van der Waals surface area (Å²) in [7, 11) is 3.32. The standard InChI is InChI=1S/C16H24ClNO2/c1-19-15-7-6-13(9-16(15)20-2)11-18-10-12-4-3-5-14(17)8-12/h6-7,9,12,14,18H,3-5,8,10-11H2,1-2H3. The first kappa shape index (κ1) is 15.5. The van der Waals surface area contributed by atoms with Gasteiger partial charge in [0.15, 0.2) is 11.5 Å². The van der Waals surface area contributed by atoms with Crippen molar-refractivity contribution in [3.63, 3.8) is 0 Å². The van der Waals surface area contributed by atoms with Gasteiger partial charge in [0.25, 0.3) is 0 Å². The number of hydrogen-bond acceptors (Lipinski definition) is 3. The number of methoxy groups -OCH3 is 2. The molecule has 0 aromatic heterocycles. The molecule has 0 amide bonds. The summed E-state index contributed by atoms with van der Waals surface area (Å²) in [5.41, 5.74) is 1.21. The van der Waals surface area contributed by atoms with Gasteiger partial charge in [-0.1, -0.05) is 12.5 Å². The Morgan fingerprint density at radius 3 is 2.70 bits per heavy atom. The molecular weight excluding hydrogens is 274 g/mol. The Labute approximate surface area is 126 Å².